The first-order valence-electron chi connectivity index (χ1n) is 10.9. The van der Waals surface area contributed by atoms with Crippen molar-refractivity contribution in [3.8, 4) is 5.75 Å². The Hall–Kier alpha value is -3.12. The molecular weight excluding hydrogens is 420 g/mol. The first-order valence-corrected chi connectivity index (χ1v) is 11.9. The molecule has 0 aromatic heterocycles. The van der Waals surface area contributed by atoms with Crippen molar-refractivity contribution in [2.75, 3.05) is 35.7 Å². The molecule has 0 fully saturated rings. The number of nitrogens with one attached hydrogen (secondary N) is 1. The number of carboxylic acids is 1. The van der Waals surface area contributed by atoms with Crippen LogP contribution in [0.4, 0.5) is 11.4 Å². The van der Waals surface area contributed by atoms with E-state index in [-0.39, 0.29) is 5.75 Å². The van der Waals surface area contributed by atoms with Gasteiger partial charge in [-0.15, -0.1) is 11.8 Å². The van der Waals surface area contributed by atoms with Crippen molar-refractivity contribution in [2.24, 2.45) is 0 Å². The highest BCUT2D eigenvalue weighted by molar-refractivity contribution is 8.00. The molecule has 0 aliphatic carbocycles. The van der Waals surface area contributed by atoms with Crippen LogP contribution in [-0.4, -0.2) is 36.5 Å². The zero-order chi connectivity index (χ0) is 22.2. The van der Waals surface area contributed by atoms with Gasteiger partial charge in [0.15, 0.2) is 0 Å². The Kier molecular flexibility index (Phi) is 7.56. The minimum Gasteiger partial charge on any atom is -0.492 e. The molecule has 0 saturated heterocycles. The summed E-state index contributed by atoms with van der Waals surface area (Å²) in [5, 5.41) is 12.3. The van der Waals surface area contributed by atoms with E-state index in [2.05, 4.69) is 28.4 Å². The Labute approximate surface area is 193 Å². The summed E-state index contributed by atoms with van der Waals surface area (Å²) in [7, 11) is 0. The van der Waals surface area contributed by atoms with Crippen LogP contribution in [0.3, 0.4) is 0 Å². The van der Waals surface area contributed by atoms with E-state index in [1.54, 1.807) is 0 Å². The lowest BCUT2D eigenvalue weighted by atomic mass is 9.96. The lowest BCUT2D eigenvalue weighted by molar-refractivity contribution is -0.133. The largest absolute Gasteiger partial charge is 0.492 e. The molecule has 1 heterocycles. The quantitative estimate of drug-likeness (QED) is 0.410. The normalized spacial score (nSPS) is 12.8. The van der Waals surface area contributed by atoms with Gasteiger partial charge in [-0.1, -0.05) is 30.3 Å². The maximum absolute atomic E-state index is 10.7. The van der Waals surface area contributed by atoms with E-state index < -0.39 is 5.97 Å². The number of anilines is 2. The van der Waals surface area contributed by atoms with Crippen LogP contribution in [0.1, 0.15) is 17.5 Å². The van der Waals surface area contributed by atoms with Gasteiger partial charge in [0.2, 0.25) is 0 Å². The predicted molar refractivity (Wildman–Crippen MR) is 131 cm³/mol. The topological polar surface area (TPSA) is 61.8 Å². The second-order valence-corrected chi connectivity index (χ2v) is 8.78. The summed E-state index contributed by atoms with van der Waals surface area (Å²) < 4.78 is 5.91. The molecule has 0 atom stereocenters. The van der Waals surface area contributed by atoms with Gasteiger partial charge in [0.1, 0.15) is 12.4 Å². The molecule has 166 valence electrons. The van der Waals surface area contributed by atoms with Crippen LogP contribution in [0.25, 0.3) is 0 Å². The number of carboxylic acid groups (broad SMARTS) is 1. The Morgan fingerprint density at radius 3 is 2.62 bits per heavy atom. The van der Waals surface area contributed by atoms with E-state index in [0.717, 1.165) is 48.8 Å². The van der Waals surface area contributed by atoms with Crippen LogP contribution in [0.15, 0.2) is 77.7 Å². The molecular formula is C26H28N2O3S. The number of carbonyl (C=O) groups is 1. The standard InChI is InChI=1S/C26H28N2O3S/c29-26(30)19-32-23-13-11-21(12-14-23)27-18-20-6-4-10-25-24(20)9-5-15-28(25)16-17-31-22-7-2-1-3-8-22/h1-4,6-8,10-14,27H,5,9,15-19H2,(H,29,30). The summed E-state index contributed by atoms with van der Waals surface area (Å²) in [6.45, 7) is 3.35. The Bertz CT molecular complexity index is 1030. The number of para-hydroxylation sites is 1. The Morgan fingerprint density at radius 2 is 1.84 bits per heavy atom. The van der Waals surface area contributed by atoms with Gasteiger partial charge in [-0.25, -0.2) is 0 Å². The van der Waals surface area contributed by atoms with Gasteiger partial charge >= 0.3 is 5.97 Å². The van der Waals surface area contributed by atoms with Gasteiger partial charge < -0.3 is 20.1 Å². The van der Waals surface area contributed by atoms with E-state index >= 15 is 0 Å². The van der Waals surface area contributed by atoms with E-state index in [1.165, 1.54) is 28.6 Å². The lowest BCUT2D eigenvalue weighted by Crippen LogP contribution is -2.33. The van der Waals surface area contributed by atoms with Gasteiger partial charge in [-0.3, -0.25) is 4.79 Å². The first-order chi connectivity index (χ1) is 15.7. The summed E-state index contributed by atoms with van der Waals surface area (Å²) in [4.78, 5) is 14.1. The molecule has 3 aromatic rings. The molecule has 0 saturated carbocycles. The van der Waals surface area contributed by atoms with Gasteiger partial charge in [0.05, 0.1) is 12.3 Å². The third-order valence-corrected chi connectivity index (χ3v) is 6.51. The Balaban J connectivity index is 1.35. The zero-order valence-corrected chi connectivity index (χ0v) is 18.8. The van der Waals surface area contributed by atoms with Crippen molar-refractivity contribution >= 4 is 29.1 Å². The summed E-state index contributed by atoms with van der Waals surface area (Å²) in [5.41, 5.74) is 5.08. The van der Waals surface area contributed by atoms with Crippen molar-refractivity contribution in [3.05, 3.63) is 83.9 Å². The summed E-state index contributed by atoms with van der Waals surface area (Å²) >= 11 is 1.33. The Morgan fingerprint density at radius 1 is 1.03 bits per heavy atom. The minimum absolute atomic E-state index is 0.0792. The maximum Gasteiger partial charge on any atom is 0.313 e. The lowest BCUT2D eigenvalue weighted by Gasteiger charge is -2.32. The molecule has 1 aliphatic rings. The molecule has 3 aromatic carbocycles. The van der Waals surface area contributed by atoms with Crippen molar-refractivity contribution in [1.29, 1.82) is 0 Å². The molecule has 1 aliphatic heterocycles. The van der Waals surface area contributed by atoms with Crippen molar-refractivity contribution < 1.29 is 14.6 Å². The van der Waals surface area contributed by atoms with Gasteiger partial charge in [0.25, 0.3) is 0 Å². The molecule has 5 nitrogen and oxygen atoms in total. The summed E-state index contributed by atoms with van der Waals surface area (Å²) in [5.74, 6) is 0.192. The molecule has 0 unspecified atom stereocenters. The fraction of sp³-hybridized carbons (Fsp3) is 0.269. The summed E-state index contributed by atoms with van der Waals surface area (Å²) in [6, 6.07) is 24.5. The molecule has 6 heteroatoms. The molecule has 0 radical (unpaired) electrons. The smallest absolute Gasteiger partial charge is 0.313 e. The van der Waals surface area contributed by atoms with E-state index in [1.807, 2.05) is 54.6 Å². The third-order valence-electron chi connectivity index (χ3n) is 5.52. The molecule has 32 heavy (non-hydrogen) atoms. The molecule has 0 bridgehead atoms. The van der Waals surface area contributed by atoms with Crippen LogP contribution in [0.5, 0.6) is 5.75 Å². The number of hydrogen-bond donors (Lipinski definition) is 2. The molecule has 0 amide bonds. The second-order valence-electron chi connectivity index (χ2n) is 7.73. The fourth-order valence-electron chi connectivity index (χ4n) is 3.97. The summed E-state index contributed by atoms with van der Waals surface area (Å²) in [6.07, 6.45) is 2.23. The van der Waals surface area contributed by atoms with Crippen LogP contribution >= 0.6 is 11.8 Å². The third kappa shape index (κ3) is 5.98. The van der Waals surface area contributed by atoms with E-state index in [4.69, 9.17) is 9.84 Å². The first kappa shape index (κ1) is 22.1. The second kappa shape index (κ2) is 11.0. The predicted octanol–water partition coefficient (Wildman–Crippen LogP) is 5.31. The monoisotopic (exact) mass is 448 g/mol. The van der Waals surface area contributed by atoms with Gasteiger partial charge in [-0.05, 0) is 66.4 Å². The highest BCUT2D eigenvalue weighted by Gasteiger charge is 2.19. The number of fused-ring (bicyclic) bond motifs is 1. The van der Waals surface area contributed by atoms with E-state index in [9.17, 15) is 4.79 Å². The number of benzene rings is 3. The average molecular weight is 449 g/mol. The zero-order valence-electron chi connectivity index (χ0n) is 18.0. The van der Waals surface area contributed by atoms with Crippen molar-refractivity contribution in [3.63, 3.8) is 0 Å². The minimum atomic E-state index is -0.799. The van der Waals surface area contributed by atoms with Crippen molar-refractivity contribution in [1.82, 2.24) is 0 Å². The fourth-order valence-corrected chi connectivity index (χ4v) is 4.59. The highest BCUT2D eigenvalue weighted by atomic mass is 32.2. The van der Waals surface area contributed by atoms with Crippen LogP contribution in [-0.2, 0) is 17.8 Å². The maximum atomic E-state index is 10.7. The van der Waals surface area contributed by atoms with Crippen molar-refractivity contribution in [2.45, 2.75) is 24.3 Å². The van der Waals surface area contributed by atoms with Crippen LogP contribution in [0.2, 0.25) is 0 Å². The van der Waals surface area contributed by atoms with Crippen LogP contribution in [0, 0.1) is 0 Å². The van der Waals surface area contributed by atoms with Gasteiger partial charge in [0, 0.05) is 29.4 Å². The average Bonchev–Trinajstić information content (AvgIpc) is 2.83. The number of aliphatic carboxylic acids is 1. The number of hydrogen-bond acceptors (Lipinski definition) is 5. The number of nitrogens with zero attached hydrogens (tertiary/aromatic N) is 1. The molecule has 0 spiro atoms. The highest BCUT2D eigenvalue weighted by Crippen LogP contribution is 2.30. The van der Waals surface area contributed by atoms with Crippen LogP contribution < -0.4 is 15.0 Å². The number of thioether (sulfide) groups is 1. The van der Waals surface area contributed by atoms with E-state index in [0.29, 0.717) is 6.61 Å². The number of ether oxygens (including phenoxy) is 1. The molecule has 4 rings (SSSR count). The SMILES string of the molecule is O=C(O)CSc1ccc(NCc2cccc3c2CCCN3CCOc2ccccc2)cc1. The van der Waals surface area contributed by atoms with Gasteiger partial charge in [-0.2, -0.15) is 0 Å². The number of rotatable bonds is 10. The molecule has 2 N–H and O–H groups in total.